The second-order valence-corrected chi connectivity index (χ2v) is 4.20. The Morgan fingerprint density at radius 1 is 1.33 bits per heavy atom. The molecule has 0 aromatic carbocycles. The van der Waals surface area contributed by atoms with Gasteiger partial charge in [0.25, 0.3) is 0 Å². The third kappa shape index (κ3) is 4.18. The zero-order chi connectivity index (χ0) is 11.3. The van der Waals surface area contributed by atoms with E-state index in [1.165, 1.54) is 0 Å². The molecule has 1 saturated heterocycles. The van der Waals surface area contributed by atoms with Crippen molar-refractivity contribution in [3.8, 4) is 0 Å². The van der Waals surface area contributed by atoms with Gasteiger partial charge in [-0.05, 0) is 19.9 Å². The molecule has 1 unspecified atom stereocenters. The van der Waals surface area contributed by atoms with Crippen LogP contribution in [0.15, 0.2) is 0 Å². The third-order valence-corrected chi connectivity index (χ3v) is 2.95. The van der Waals surface area contributed by atoms with Gasteiger partial charge in [-0.1, -0.05) is 6.92 Å². The summed E-state index contributed by atoms with van der Waals surface area (Å²) >= 11 is 0. The predicted molar refractivity (Wildman–Crippen MR) is 59.6 cm³/mol. The SMILES string of the molecule is CCN1CCN(C(=O)CCC(C)O)CC1. The van der Waals surface area contributed by atoms with Gasteiger partial charge in [-0.25, -0.2) is 0 Å². The first-order chi connectivity index (χ1) is 7.13. The van der Waals surface area contributed by atoms with Gasteiger partial charge in [0.1, 0.15) is 0 Å². The van der Waals surface area contributed by atoms with E-state index in [9.17, 15) is 4.79 Å². The molecule has 0 saturated carbocycles. The van der Waals surface area contributed by atoms with Crippen LogP contribution < -0.4 is 0 Å². The first-order valence-electron chi connectivity index (χ1n) is 5.81. The summed E-state index contributed by atoms with van der Waals surface area (Å²) in [6, 6.07) is 0. The van der Waals surface area contributed by atoms with E-state index in [2.05, 4.69) is 11.8 Å². The molecule has 1 rings (SSSR count). The predicted octanol–water partition coefficient (Wildman–Crippen LogP) is 0.311. The normalized spacial score (nSPS) is 20.3. The lowest BCUT2D eigenvalue weighted by Crippen LogP contribution is -2.48. The number of piperazine rings is 1. The number of amides is 1. The van der Waals surface area contributed by atoms with E-state index in [1.807, 2.05) is 4.90 Å². The van der Waals surface area contributed by atoms with Crippen LogP contribution in [0.25, 0.3) is 0 Å². The molecule has 0 aromatic heterocycles. The van der Waals surface area contributed by atoms with Crippen LogP contribution >= 0.6 is 0 Å². The maximum atomic E-state index is 11.7. The highest BCUT2D eigenvalue weighted by Crippen LogP contribution is 2.06. The first kappa shape index (κ1) is 12.5. The van der Waals surface area contributed by atoms with Crippen LogP contribution in [-0.4, -0.2) is 59.6 Å². The largest absolute Gasteiger partial charge is 0.393 e. The smallest absolute Gasteiger partial charge is 0.222 e. The number of likely N-dealkylation sites (N-methyl/N-ethyl adjacent to an activating group) is 1. The van der Waals surface area contributed by atoms with Crippen molar-refractivity contribution >= 4 is 5.91 Å². The van der Waals surface area contributed by atoms with Crippen LogP contribution in [-0.2, 0) is 4.79 Å². The van der Waals surface area contributed by atoms with Gasteiger partial charge in [0, 0.05) is 32.6 Å². The van der Waals surface area contributed by atoms with Crippen molar-refractivity contribution in [1.82, 2.24) is 9.80 Å². The van der Waals surface area contributed by atoms with Gasteiger partial charge in [0.2, 0.25) is 5.91 Å². The molecule has 1 aliphatic rings. The molecule has 0 aromatic rings. The summed E-state index contributed by atoms with van der Waals surface area (Å²) in [5.41, 5.74) is 0. The Kier molecular flexibility index (Phi) is 5.05. The summed E-state index contributed by atoms with van der Waals surface area (Å²) in [6.07, 6.45) is 0.683. The monoisotopic (exact) mass is 214 g/mol. The highest BCUT2D eigenvalue weighted by Gasteiger charge is 2.19. The molecule has 88 valence electrons. The number of rotatable bonds is 4. The Bertz CT molecular complexity index is 199. The molecule has 15 heavy (non-hydrogen) atoms. The van der Waals surface area contributed by atoms with E-state index < -0.39 is 0 Å². The molecular weight excluding hydrogens is 192 g/mol. The molecule has 0 radical (unpaired) electrons. The van der Waals surface area contributed by atoms with Crippen molar-refractivity contribution in [2.24, 2.45) is 0 Å². The van der Waals surface area contributed by atoms with Crippen LogP contribution in [0.1, 0.15) is 26.7 Å². The third-order valence-electron chi connectivity index (χ3n) is 2.95. The highest BCUT2D eigenvalue weighted by molar-refractivity contribution is 5.76. The molecule has 4 nitrogen and oxygen atoms in total. The van der Waals surface area contributed by atoms with Crippen LogP contribution in [0.5, 0.6) is 0 Å². The number of carbonyl (C=O) groups is 1. The molecule has 0 bridgehead atoms. The van der Waals surface area contributed by atoms with E-state index in [1.54, 1.807) is 6.92 Å². The standard InChI is InChI=1S/C11H22N2O2/c1-3-12-6-8-13(9-7-12)11(15)5-4-10(2)14/h10,14H,3-9H2,1-2H3. The zero-order valence-corrected chi connectivity index (χ0v) is 9.78. The minimum Gasteiger partial charge on any atom is -0.393 e. The van der Waals surface area contributed by atoms with Gasteiger partial charge in [0.05, 0.1) is 6.10 Å². The van der Waals surface area contributed by atoms with Crippen molar-refractivity contribution in [3.05, 3.63) is 0 Å². The molecule has 1 amide bonds. The lowest BCUT2D eigenvalue weighted by atomic mass is 10.2. The number of nitrogens with zero attached hydrogens (tertiary/aromatic N) is 2. The van der Waals surface area contributed by atoms with Gasteiger partial charge >= 0.3 is 0 Å². The van der Waals surface area contributed by atoms with Gasteiger partial charge in [-0.2, -0.15) is 0 Å². The quantitative estimate of drug-likeness (QED) is 0.732. The zero-order valence-electron chi connectivity index (χ0n) is 9.78. The second-order valence-electron chi connectivity index (χ2n) is 4.20. The minimum absolute atomic E-state index is 0.187. The van der Waals surface area contributed by atoms with Crippen molar-refractivity contribution in [3.63, 3.8) is 0 Å². The van der Waals surface area contributed by atoms with Crippen LogP contribution in [0.4, 0.5) is 0 Å². The molecule has 0 spiro atoms. The number of carbonyl (C=O) groups excluding carboxylic acids is 1. The second kappa shape index (κ2) is 6.08. The van der Waals surface area contributed by atoms with E-state index in [0.29, 0.717) is 12.8 Å². The average molecular weight is 214 g/mol. The van der Waals surface area contributed by atoms with Crippen LogP contribution in [0.2, 0.25) is 0 Å². The van der Waals surface area contributed by atoms with E-state index in [0.717, 1.165) is 32.7 Å². The van der Waals surface area contributed by atoms with Gasteiger partial charge in [-0.15, -0.1) is 0 Å². The summed E-state index contributed by atoms with van der Waals surface area (Å²) in [5, 5.41) is 9.10. The summed E-state index contributed by atoms with van der Waals surface area (Å²) in [5.74, 6) is 0.187. The molecule has 1 atom stereocenters. The average Bonchev–Trinajstić information content (AvgIpc) is 2.26. The first-order valence-corrected chi connectivity index (χ1v) is 5.81. The fourth-order valence-electron chi connectivity index (χ4n) is 1.80. The minimum atomic E-state index is -0.370. The highest BCUT2D eigenvalue weighted by atomic mass is 16.3. The van der Waals surface area contributed by atoms with Crippen molar-refractivity contribution in [2.75, 3.05) is 32.7 Å². The summed E-state index contributed by atoms with van der Waals surface area (Å²) in [6.45, 7) is 8.58. The maximum absolute atomic E-state index is 11.7. The van der Waals surface area contributed by atoms with Crippen LogP contribution in [0, 0.1) is 0 Å². The molecule has 1 fully saturated rings. The van der Waals surface area contributed by atoms with Crippen molar-refractivity contribution in [2.45, 2.75) is 32.8 Å². The van der Waals surface area contributed by atoms with E-state index in [4.69, 9.17) is 5.11 Å². The molecule has 1 aliphatic heterocycles. The van der Waals surface area contributed by atoms with E-state index >= 15 is 0 Å². The van der Waals surface area contributed by atoms with Crippen LogP contribution in [0.3, 0.4) is 0 Å². The number of hydrogen-bond donors (Lipinski definition) is 1. The Morgan fingerprint density at radius 3 is 2.40 bits per heavy atom. The van der Waals surface area contributed by atoms with Crippen molar-refractivity contribution < 1.29 is 9.90 Å². The molecular formula is C11H22N2O2. The number of aliphatic hydroxyl groups is 1. The van der Waals surface area contributed by atoms with Gasteiger partial charge in [-0.3, -0.25) is 4.79 Å². The lowest BCUT2D eigenvalue weighted by Gasteiger charge is -2.34. The molecule has 1 N–H and O–H groups in total. The van der Waals surface area contributed by atoms with E-state index in [-0.39, 0.29) is 12.0 Å². The fraction of sp³-hybridized carbons (Fsp3) is 0.909. The number of aliphatic hydroxyl groups excluding tert-OH is 1. The molecule has 4 heteroatoms. The Balaban J connectivity index is 2.24. The Morgan fingerprint density at radius 2 is 1.93 bits per heavy atom. The molecule has 0 aliphatic carbocycles. The van der Waals surface area contributed by atoms with Gasteiger partial charge in [0.15, 0.2) is 0 Å². The summed E-state index contributed by atoms with van der Waals surface area (Å²) in [4.78, 5) is 16.0. The topological polar surface area (TPSA) is 43.8 Å². The maximum Gasteiger partial charge on any atom is 0.222 e. The lowest BCUT2D eigenvalue weighted by molar-refractivity contribution is -0.133. The van der Waals surface area contributed by atoms with Crippen molar-refractivity contribution in [1.29, 1.82) is 0 Å². The number of hydrogen-bond acceptors (Lipinski definition) is 3. The summed E-state index contributed by atoms with van der Waals surface area (Å²) < 4.78 is 0. The fourth-order valence-corrected chi connectivity index (χ4v) is 1.80. The molecule has 1 heterocycles. The van der Waals surface area contributed by atoms with Gasteiger partial charge < -0.3 is 14.9 Å². The summed E-state index contributed by atoms with van der Waals surface area (Å²) in [7, 11) is 0. The Labute approximate surface area is 91.9 Å². The Hall–Kier alpha value is -0.610.